The summed E-state index contributed by atoms with van der Waals surface area (Å²) in [7, 11) is 1.66. The van der Waals surface area contributed by atoms with Gasteiger partial charge in [0, 0.05) is 31.2 Å². The van der Waals surface area contributed by atoms with Crippen LogP contribution in [0.4, 0.5) is 0 Å². The van der Waals surface area contributed by atoms with E-state index in [9.17, 15) is 4.79 Å². The van der Waals surface area contributed by atoms with E-state index >= 15 is 0 Å². The van der Waals surface area contributed by atoms with Crippen molar-refractivity contribution in [2.45, 2.75) is 26.8 Å². The molecule has 1 aliphatic rings. The lowest BCUT2D eigenvalue weighted by Crippen LogP contribution is -2.51. The van der Waals surface area contributed by atoms with Gasteiger partial charge in [-0.2, -0.15) is 0 Å². The molecule has 1 heterocycles. The van der Waals surface area contributed by atoms with Crippen LogP contribution in [0.3, 0.4) is 0 Å². The normalized spacial score (nSPS) is 18.4. The molecule has 20 heavy (non-hydrogen) atoms. The SMILES string of the molecule is COc1c(C)cc(C(=O)N2CCN[C@H](C)C2)cc1C.Cl. The maximum absolute atomic E-state index is 12.5. The highest BCUT2D eigenvalue weighted by atomic mass is 35.5. The largest absolute Gasteiger partial charge is 0.496 e. The van der Waals surface area contributed by atoms with E-state index in [-0.39, 0.29) is 18.3 Å². The zero-order chi connectivity index (χ0) is 14.0. The molecule has 0 aromatic heterocycles. The number of ether oxygens (including phenoxy) is 1. The topological polar surface area (TPSA) is 41.6 Å². The smallest absolute Gasteiger partial charge is 0.253 e. The molecule has 1 aromatic rings. The van der Waals surface area contributed by atoms with Crippen LogP contribution in [0.15, 0.2) is 12.1 Å². The summed E-state index contributed by atoms with van der Waals surface area (Å²) in [6, 6.07) is 4.19. The Hall–Kier alpha value is -1.26. The van der Waals surface area contributed by atoms with Gasteiger partial charge in [0.1, 0.15) is 5.75 Å². The van der Waals surface area contributed by atoms with Gasteiger partial charge in [-0.15, -0.1) is 12.4 Å². The molecule has 0 saturated carbocycles. The monoisotopic (exact) mass is 298 g/mol. The minimum absolute atomic E-state index is 0. The number of amides is 1. The number of nitrogens with one attached hydrogen (secondary N) is 1. The minimum atomic E-state index is 0. The van der Waals surface area contributed by atoms with Gasteiger partial charge in [0.25, 0.3) is 5.91 Å². The highest BCUT2D eigenvalue weighted by molar-refractivity contribution is 5.95. The third-order valence-electron chi connectivity index (χ3n) is 3.57. The van der Waals surface area contributed by atoms with Gasteiger partial charge in [-0.25, -0.2) is 0 Å². The summed E-state index contributed by atoms with van der Waals surface area (Å²) in [5.74, 6) is 0.979. The molecule has 1 aliphatic heterocycles. The molecule has 0 spiro atoms. The van der Waals surface area contributed by atoms with Gasteiger partial charge in [0.05, 0.1) is 7.11 Å². The molecule has 1 aromatic carbocycles. The van der Waals surface area contributed by atoms with Gasteiger partial charge in [-0.3, -0.25) is 4.79 Å². The first-order valence-electron chi connectivity index (χ1n) is 6.71. The van der Waals surface area contributed by atoms with Gasteiger partial charge in [-0.05, 0) is 44.0 Å². The van der Waals surface area contributed by atoms with E-state index < -0.39 is 0 Å². The fourth-order valence-corrected chi connectivity index (χ4v) is 2.70. The molecule has 1 saturated heterocycles. The second-order valence-corrected chi connectivity index (χ2v) is 5.25. The number of hydrogen-bond acceptors (Lipinski definition) is 3. The van der Waals surface area contributed by atoms with Crippen LogP contribution in [-0.4, -0.2) is 43.6 Å². The predicted molar refractivity (Wildman–Crippen MR) is 83.1 cm³/mol. The number of aryl methyl sites for hydroxylation is 2. The molecule has 4 nitrogen and oxygen atoms in total. The van der Waals surface area contributed by atoms with Crippen LogP contribution in [0.25, 0.3) is 0 Å². The summed E-state index contributed by atoms with van der Waals surface area (Å²) >= 11 is 0. The number of piperazine rings is 1. The number of rotatable bonds is 2. The third kappa shape index (κ3) is 3.44. The number of carbonyl (C=O) groups is 1. The second-order valence-electron chi connectivity index (χ2n) is 5.25. The predicted octanol–water partition coefficient (Wildman–Crippen LogP) is 2.17. The van der Waals surface area contributed by atoms with Crippen molar-refractivity contribution in [2.24, 2.45) is 0 Å². The summed E-state index contributed by atoms with van der Waals surface area (Å²) in [6.45, 7) is 8.45. The lowest BCUT2D eigenvalue weighted by Gasteiger charge is -2.32. The molecular weight excluding hydrogens is 276 g/mol. The lowest BCUT2D eigenvalue weighted by molar-refractivity contribution is 0.0709. The Kier molecular flexibility index (Phi) is 5.84. The Bertz CT molecular complexity index is 468. The zero-order valence-electron chi connectivity index (χ0n) is 12.5. The molecule has 0 bridgehead atoms. The van der Waals surface area contributed by atoms with E-state index in [1.54, 1.807) is 7.11 Å². The van der Waals surface area contributed by atoms with E-state index in [1.165, 1.54) is 0 Å². The summed E-state index contributed by atoms with van der Waals surface area (Å²) in [5, 5.41) is 3.35. The van der Waals surface area contributed by atoms with Crippen molar-refractivity contribution in [3.8, 4) is 5.75 Å². The van der Waals surface area contributed by atoms with Crippen molar-refractivity contribution in [1.82, 2.24) is 10.2 Å². The quantitative estimate of drug-likeness (QED) is 0.910. The average Bonchev–Trinajstić information content (AvgIpc) is 2.37. The van der Waals surface area contributed by atoms with Crippen molar-refractivity contribution in [3.63, 3.8) is 0 Å². The summed E-state index contributed by atoms with van der Waals surface area (Å²) < 4.78 is 5.34. The zero-order valence-corrected chi connectivity index (χ0v) is 13.3. The Morgan fingerprint density at radius 3 is 2.45 bits per heavy atom. The summed E-state index contributed by atoms with van der Waals surface area (Å²) in [5.41, 5.74) is 2.77. The number of hydrogen-bond donors (Lipinski definition) is 1. The molecule has 1 fully saturated rings. The molecule has 0 unspecified atom stereocenters. The average molecular weight is 299 g/mol. The van der Waals surface area contributed by atoms with Crippen LogP contribution >= 0.6 is 12.4 Å². The van der Waals surface area contributed by atoms with E-state index in [4.69, 9.17) is 4.74 Å². The fraction of sp³-hybridized carbons (Fsp3) is 0.533. The second kappa shape index (κ2) is 6.95. The van der Waals surface area contributed by atoms with Gasteiger partial charge in [0.15, 0.2) is 0 Å². The van der Waals surface area contributed by atoms with Crippen LogP contribution in [0, 0.1) is 13.8 Å². The first kappa shape index (κ1) is 16.8. The van der Waals surface area contributed by atoms with Crippen LogP contribution in [0.5, 0.6) is 5.75 Å². The Balaban J connectivity index is 0.00000200. The third-order valence-corrected chi connectivity index (χ3v) is 3.57. The van der Waals surface area contributed by atoms with Crippen molar-refractivity contribution in [1.29, 1.82) is 0 Å². The van der Waals surface area contributed by atoms with Gasteiger partial charge >= 0.3 is 0 Å². The number of halogens is 1. The summed E-state index contributed by atoms with van der Waals surface area (Å²) in [4.78, 5) is 14.4. The Morgan fingerprint density at radius 1 is 1.35 bits per heavy atom. The minimum Gasteiger partial charge on any atom is -0.496 e. The number of nitrogens with zero attached hydrogens (tertiary/aromatic N) is 1. The van der Waals surface area contributed by atoms with Crippen LogP contribution < -0.4 is 10.1 Å². The Labute approximate surface area is 126 Å². The van der Waals surface area contributed by atoms with E-state index in [0.717, 1.165) is 42.1 Å². The molecular formula is C15H23ClN2O2. The molecule has 0 radical (unpaired) electrons. The maximum atomic E-state index is 12.5. The van der Waals surface area contributed by atoms with E-state index in [2.05, 4.69) is 12.2 Å². The number of carbonyl (C=O) groups excluding carboxylic acids is 1. The van der Waals surface area contributed by atoms with Crippen molar-refractivity contribution >= 4 is 18.3 Å². The van der Waals surface area contributed by atoms with Gasteiger partial charge < -0.3 is 15.0 Å². The molecule has 1 atom stereocenters. The van der Waals surface area contributed by atoms with Crippen molar-refractivity contribution < 1.29 is 9.53 Å². The van der Waals surface area contributed by atoms with Crippen LogP contribution in [0.2, 0.25) is 0 Å². The van der Waals surface area contributed by atoms with Crippen LogP contribution in [-0.2, 0) is 0 Å². The molecule has 1 amide bonds. The summed E-state index contributed by atoms with van der Waals surface area (Å²) in [6.07, 6.45) is 0. The number of benzene rings is 1. The molecule has 5 heteroatoms. The van der Waals surface area contributed by atoms with Gasteiger partial charge in [0.2, 0.25) is 0 Å². The van der Waals surface area contributed by atoms with Crippen LogP contribution in [0.1, 0.15) is 28.4 Å². The van der Waals surface area contributed by atoms with E-state index in [1.807, 2.05) is 30.9 Å². The molecule has 1 N–H and O–H groups in total. The Morgan fingerprint density at radius 2 is 1.95 bits per heavy atom. The van der Waals surface area contributed by atoms with Crippen molar-refractivity contribution in [3.05, 3.63) is 28.8 Å². The first-order valence-corrected chi connectivity index (χ1v) is 6.71. The molecule has 0 aliphatic carbocycles. The van der Waals surface area contributed by atoms with E-state index in [0.29, 0.717) is 6.04 Å². The fourth-order valence-electron chi connectivity index (χ4n) is 2.70. The lowest BCUT2D eigenvalue weighted by atomic mass is 10.0. The first-order chi connectivity index (χ1) is 9.02. The maximum Gasteiger partial charge on any atom is 0.253 e. The van der Waals surface area contributed by atoms with Crippen molar-refractivity contribution in [2.75, 3.05) is 26.7 Å². The van der Waals surface area contributed by atoms with Gasteiger partial charge in [-0.1, -0.05) is 0 Å². The number of methoxy groups -OCH3 is 1. The molecule has 2 rings (SSSR count). The highest BCUT2D eigenvalue weighted by Gasteiger charge is 2.22. The standard InChI is InChI=1S/C15H22N2O2.ClH/c1-10-7-13(8-11(2)14(10)19-4)15(18)17-6-5-16-12(3)9-17;/h7-8,12,16H,5-6,9H2,1-4H3;1H/t12-;/m1./s1. The molecule has 112 valence electrons. The highest BCUT2D eigenvalue weighted by Crippen LogP contribution is 2.25.